The second kappa shape index (κ2) is 9.66. The smallest absolute Gasteiger partial charge is 0.228 e. The topological polar surface area (TPSA) is 79.5 Å². The summed E-state index contributed by atoms with van der Waals surface area (Å²) in [6, 6.07) is 13.4. The molecule has 31 heavy (non-hydrogen) atoms. The minimum atomic E-state index is -0.0885. The van der Waals surface area contributed by atoms with Gasteiger partial charge >= 0.3 is 0 Å². The first-order valence-electron chi connectivity index (χ1n) is 10.5. The Morgan fingerprint density at radius 2 is 1.94 bits per heavy atom. The van der Waals surface area contributed by atoms with Crippen molar-refractivity contribution in [3.8, 4) is 22.6 Å². The number of ether oxygens (including phenoxy) is 2. The maximum absolute atomic E-state index is 12.7. The van der Waals surface area contributed by atoms with Crippen LogP contribution in [0.2, 0.25) is 0 Å². The zero-order valence-corrected chi connectivity index (χ0v) is 17.9. The first kappa shape index (κ1) is 20.9. The van der Waals surface area contributed by atoms with E-state index in [0.29, 0.717) is 11.4 Å². The van der Waals surface area contributed by atoms with E-state index in [1.54, 1.807) is 13.3 Å². The number of nitrogens with zero attached hydrogens (tertiary/aromatic N) is 2. The van der Waals surface area contributed by atoms with E-state index in [2.05, 4.69) is 27.5 Å². The van der Waals surface area contributed by atoms with Gasteiger partial charge in [0.05, 0.1) is 25.4 Å². The number of anilines is 1. The van der Waals surface area contributed by atoms with Gasteiger partial charge in [-0.05, 0) is 55.3 Å². The molecule has 1 aliphatic rings. The maximum atomic E-state index is 12.7. The molecule has 2 heterocycles. The fraction of sp³-hybridized carbons (Fsp3) is 0.333. The van der Waals surface area contributed by atoms with Crippen LogP contribution in [0.25, 0.3) is 11.1 Å². The number of likely N-dealkylation sites (tertiary alicyclic amines) is 1. The van der Waals surface area contributed by atoms with Crippen molar-refractivity contribution in [1.82, 2.24) is 15.1 Å². The molecule has 7 nitrogen and oxygen atoms in total. The predicted molar refractivity (Wildman–Crippen MR) is 120 cm³/mol. The van der Waals surface area contributed by atoms with Crippen LogP contribution in [0.5, 0.6) is 11.5 Å². The van der Waals surface area contributed by atoms with Crippen LogP contribution in [0.1, 0.15) is 18.4 Å². The zero-order chi connectivity index (χ0) is 21.6. The summed E-state index contributed by atoms with van der Waals surface area (Å²) in [4.78, 5) is 15.0. The minimum Gasteiger partial charge on any atom is -0.497 e. The van der Waals surface area contributed by atoms with Gasteiger partial charge in [0.1, 0.15) is 17.6 Å². The van der Waals surface area contributed by atoms with Crippen molar-refractivity contribution < 1.29 is 14.3 Å². The highest BCUT2D eigenvalue weighted by Gasteiger charge is 2.20. The Kier molecular flexibility index (Phi) is 6.52. The quantitative estimate of drug-likeness (QED) is 0.609. The highest BCUT2D eigenvalue weighted by atomic mass is 16.5. The fourth-order valence-corrected chi connectivity index (χ4v) is 3.72. The van der Waals surface area contributed by atoms with Gasteiger partial charge in [-0.15, -0.1) is 0 Å². The summed E-state index contributed by atoms with van der Waals surface area (Å²) in [6.07, 6.45) is 5.96. The zero-order valence-electron chi connectivity index (χ0n) is 17.9. The Balaban J connectivity index is 1.51. The molecule has 1 saturated heterocycles. The van der Waals surface area contributed by atoms with Crippen LogP contribution in [0, 0.1) is 0 Å². The van der Waals surface area contributed by atoms with Gasteiger partial charge in [0.2, 0.25) is 5.91 Å². The van der Waals surface area contributed by atoms with E-state index in [0.717, 1.165) is 48.4 Å². The number of piperidine rings is 1. The second-order valence-electron chi connectivity index (χ2n) is 7.89. The number of H-pyrrole nitrogens is 1. The third-order valence-corrected chi connectivity index (χ3v) is 5.57. The summed E-state index contributed by atoms with van der Waals surface area (Å²) in [5.74, 6) is 1.37. The molecule has 2 N–H and O–H groups in total. The molecule has 0 bridgehead atoms. The summed E-state index contributed by atoms with van der Waals surface area (Å²) in [6.45, 7) is 2.01. The van der Waals surface area contributed by atoms with Crippen LogP contribution < -0.4 is 14.8 Å². The molecule has 0 radical (unpaired) electrons. The molecule has 2 aromatic carbocycles. The number of carbonyl (C=O) groups excluding carboxylic acids is 1. The predicted octanol–water partition coefficient (Wildman–Crippen LogP) is 3.74. The number of benzene rings is 2. The molecular weight excluding hydrogens is 392 g/mol. The standard InChI is InChI=1S/C24H28N4O3/c1-28-11-9-21(10-12-28)31-23-14-18(19-15-25-26-16-19)5-8-22(23)27-24(29)13-17-3-6-20(30-2)7-4-17/h3-8,14-16,21H,9-13H2,1-2H3,(H,25,26)(H,27,29). The molecule has 1 fully saturated rings. The lowest BCUT2D eigenvalue weighted by Crippen LogP contribution is -2.35. The van der Waals surface area contributed by atoms with Gasteiger partial charge < -0.3 is 19.7 Å². The molecular formula is C24H28N4O3. The molecule has 1 amide bonds. The monoisotopic (exact) mass is 420 g/mol. The van der Waals surface area contributed by atoms with E-state index in [1.165, 1.54) is 0 Å². The number of carbonyl (C=O) groups is 1. The van der Waals surface area contributed by atoms with Crippen molar-refractivity contribution >= 4 is 11.6 Å². The molecule has 0 aliphatic carbocycles. The van der Waals surface area contributed by atoms with Crippen molar-refractivity contribution in [1.29, 1.82) is 0 Å². The SMILES string of the molecule is COc1ccc(CC(=O)Nc2ccc(-c3cn[nH]c3)cc2OC2CCN(C)CC2)cc1. The van der Waals surface area contributed by atoms with Gasteiger partial charge in [0.25, 0.3) is 0 Å². The number of aromatic nitrogens is 2. The van der Waals surface area contributed by atoms with Crippen molar-refractivity contribution in [3.63, 3.8) is 0 Å². The van der Waals surface area contributed by atoms with Crippen molar-refractivity contribution in [2.24, 2.45) is 0 Å². The van der Waals surface area contributed by atoms with Gasteiger partial charge in [-0.2, -0.15) is 5.10 Å². The van der Waals surface area contributed by atoms with Gasteiger partial charge in [0, 0.05) is 24.8 Å². The van der Waals surface area contributed by atoms with E-state index < -0.39 is 0 Å². The molecule has 4 rings (SSSR count). The molecule has 0 saturated carbocycles. The van der Waals surface area contributed by atoms with Crippen LogP contribution in [-0.4, -0.2) is 54.4 Å². The molecule has 1 aliphatic heterocycles. The highest BCUT2D eigenvalue weighted by Crippen LogP contribution is 2.33. The molecule has 0 spiro atoms. The van der Waals surface area contributed by atoms with Crippen molar-refractivity contribution in [3.05, 3.63) is 60.4 Å². The summed E-state index contributed by atoms with van der Waals surface area (Å²) < 4.78 is 11.5. The summed E-state index contributed by atoms with van der Waals surface area (Å²) >= 11 is 0. The fourth-order valence-electron chi connectivity index (χ4n) is 3.72. The lowest BCUT2D eigenvalue weighted by Gasteiger charge is -2.30. The Labute approximate surface area is 182 Å². The first-order valence-corrected chi connectivity index (χ1v) is 10.5. The van der Waals surface area contributed by atoms with Gasteiger partial charge in [0.15, 0.2) is 0 Å². The summed E-state index contributed by atoms with van der Waals surface area (Å²) in [5, 5.41) is 9.90. The lowest BCUT2D eigenvalue weighted by atomic mass is 10.1. The third kappa shape index (κ3) is 5.44. The van der Waals surface area contributed by atoms with Crippen LogP contribution in [-0.2, 0) is 11.2 Å². The number of methoxy groups -OCH3 is 1. The van der Waals surface area contributed by atoms with Crippen LogP contribution in [0.3, 0.4) is 0 Å². The Hall–Kier alpha value is -3.32. The minimum absolute atomic E-state index is 0.0885. The van der Waals surface area contributed by atoms with E-state index in [-0.39, 0.29) is 18.4 Å². The second-order valence-corrected chi connectivity index (χ2v) is 7.89. The maximum Gasteiger partial charge on any atom is 0.228 e. The number of hydrogen-bond donors (Lipinski definition) is 2. The summed E-state index contributed by atoms with van der Waals surface area (Å²) in [5.41, 5.74) is 3.57. The van der Waals surface area contributed by atoms with Crippen LogP contribution in [0.15, 0.2) is 54.9 Å². The number of nitrogens with one attached hydrogen (secondary N) is 2. The molecule has 162 valence electrons. The van der Waals surface area contributed by atoms with Gasteiger partial charge in [-0.1, -0.05) is 18.2 Å². The Morgan fingerprint density at radius 3 is 2.61 bits per heavy atom. The van der Waals surface area contributed by atoms with Gasteiger partial charge in [-0.3, -0.25) is 9.89 Å². The molecule has 1 aromatic heterocycles. The number of amides is 1. The number of aromatic amines is 1. The van der Waals surface area contributed by atoms with E-state index >= 15 is 0 Å². The molecule has 0 atom stereocenters. The number of hydrogen-bond acceptors (Lipinski definition) is 5. The molecule has 3 aromatic rings. The highest BCUT2D eigenvalue weighted by molar-refractivity contribution is 5.94. The lowest BCUT2D eigenvalue weighted by molar-refractivity contribution is -0.115. The van der Waals surface area contributed by atoms with E-state index in [1.807, 2.05) is 48.7 Å². The molecule has 7 heteroatoms. The molecule has 0 unspecified atom stereocenters. The average Bonchev–Trinajstić information content (AvgIpc) is 3.32. The van der Waals surface area contributed by atoms with Crippen molar-refractivity contribution in [2.45, 2.75) is 25.4 Å². The Bertz CT molecular complexity index is 994. The van der Waals surface area contributed by atoms with Crippen molar-refractivity contribution in [2.75, 3.05) is 32.6 Å². The summed E-state index contributed by atoms with van der Waals surface area (Å²) in [7, 11) is 3.75. The average molecular weight is 421 g/mol. The first-order chi connectivity index (χ1) is 15.1. The largest absolute Gasteiger partial charge is 0.497 e. The number of rotatable bonds is 7. The van der Waals surface area contributed by atoms with Gasteiger partial charge in [-0.25, -0.2) is 0 Å². The van der Waals surface area contributed by atoms with Crippen LogP contribution >= 0.6 is 0 Å². The van der Waals surface area contributed by atoms with E-state index in [9.17, 15) is 4.79 Å². The van der Waals surface area contributed by atoms with Crippen LogP contribution in [0.4, 0.5) is 5.69 Å². The normalized spacial score (nSPS) is 14.9. The Morgan fingerprint density at radius 1 is 1.16 bits per heavy atom. The van der Waals surface area contributed by atoms with E-state index in [4.69, 9.17) is 9.47 Å². The third-order valence-electron chi connectivity index (χ3n) is 5.57.